The zero-order chi connectivity index (χ0) is 6.15. The lowest BCUT2D eigenvalue weighted by Crippen LogP contribution is -2.21. The summed E-state index contributed by atoms with van der Waals surface area (Å²) in [6, 6.07) is 0.491. The van der Waals surface area contributed by atoms with Crippen LogP contribution in [0.2, 0.25) is 0 Å². The van der Waals surface area contributed by atoms with Gasteiger partial charge in [0, 0.05) is 6.04 Å². The van der Waals surface area contributed by atoms with Crippen molar-refractivity contribution in [2.45, 2.75) is 32.7 Å². The van der Waals surface area contributed by atoms with Crippen LogP contribution in [0.15, 0.2) is 0 Å². The average Bonchev–Trinajstić information content (AvgIpc) is 2.45. The lowest BCUT2D eigenvalue weighted by atomic mass is 10.1. The molecule has 0 amide bonds. The van der Waals surface area contributed by atoms with E-state index in [9.17, 15) is 0 Å². The fraction of sp³-hybridized carbons (Fsp3) is 1.00. The molecule has 1 aliphatic carbocycles. The van der Waals surface area contributed by atoms with E-state index in [1.165, 1.54) is 6.42 Å². The molecule has 3 atom stereocenters. The monoisotopic (exact) mass is 113 g/mol. The van der Waals surface area contributed by atoms with Crippen molar-refractivity contribution in [3.05, 3.63) is 0 Å². The quantitative estimate of drug-likeness (QED) is 0.575. The van der Waals surface area contributed by atoms with E-state index in [-0.39, 0.29) is 0 Å². The summed E-state index contributed by atoms with van der Waals surface area (Å²) in [4.78, 5) is 0. The molecular formula is C7H15N. The molecule has 0 bridgehead atoms. The normalized spacial score (nSPS) is 39.4. The number of rotatable bonds is 2. The van der Waals surface area contributed by atoms with E-state index in [2.05, 4.69) is 13.8 Å². The second kappa shape index (κ2) is 2.06. The summed E-state index contributed by atoms with van der Waals surface area (Å²) in [6.45, 7) is 4.44. The van der Waals surface area contributed by atoms with Crippen LogP contribution in [0.25, 0.3) is 0 Å². The molecule has 0 saturated heterocycles. The van der Waals surface area contributed by atoms with Crippen molar-refractivity contribution in [2.24, 2.45) is 17.6 Å². The van der Waals surface area contributed by atoms with Crippen LogP contribution in [0.4, 0.5) is 0 Å². The lowest BCUT2D eigenvalue weighted by Gasteiger charge is -2.04. The van der Waals surface area contributed by atoms with Gasteiger partial charge in [0.05, 0.1) is 0 Å². The van der Waals surface area contributed by atoms with Gasteiger partial charge in [-0.15, -0.1) is 0 Å². The first-order chi connectivity index (χ1) is 3.75. The molecule has 1 nitrogen and oxygen atoms in total. The van der Waals surface area contributed by atoms with E-state index < -0.39 is 0 Å². The Bertz CT molecular complexity index is 78.5. The van der Waals surface area contributed by atoms with E-state index in [4.69, 9.17) is 5.73 Å². The van der Waals surface area contributed by atoms with Crippen LogP contribution in [0.5, 0.6) is 0 Å². The van der Waals surface area contributed by atoms with Gasteiger partial charge in [-0.05, 0) is 24.7 Å². The first-order valence-electron chi connectivity index (χ1n) is 3.51. The molecule has 0 aliphatic heterocycles. The van der Waals surface area contributed by atoms with Gasteiger partial charge in [-0.3, -0.25) is 0 Å². The van der Waals surface area contributed by atoms with Gasteiger partial charge >= 0.3 is 0 Å². The van der Waals surface area contributed by atoms with Crippen LogP contribution in [-0.4, -0.2) is 6.04 Å². The van der Waals surface area contributed by atoms with Crippen molar-refractivity contribution in [2.75, 3.05) is 0 Å². The summed E-state index contributed by atoms with van der Waals surface area (Å²) >= 11 is 0. The molecule has 0 aromatic heterocycles. The molecule has 2 N–H and O–H groups in total. The van der Waals surface area contributed by atoms with Crippen LogP contribution in [0, 0.1) is 11.8 Å². The molecule has 0 heterocycles. The molecule has 0 radical (unpaired) electrons. The number of hydrogen-bond acceptors (Lipinski definition) is 1. The van der Waals surface area contributed by atoms with Crippen LogP contribution in [0.3, 0.4) is 0 Å². The van der Waals surface area contributed by atoms with Crippen molar-refractivity contribution in [3.8, 4) is 0 Å². The van der Waals surface area contributed by atoms with Gasteiger partial charge in [0.25, 0.3) is 0 Å². The van der Waals surface area contributed by atoms with E-state index in [1.807, 2.05) is 0 Å². The Morgan fingerprint density at radius 2 is 2.25 bits per heavy atom. The lowest BCUT2D eigenvalue weighted by molar-refractivity contribution is 0.547. The molecule has 0 spiro atoms. The number of nitrogens with two attached hydrogens (primary N) is 1. The van der Waals surface area contributed by atoms with E-state index in [1.54, 1.807) is 0 Å². The molecule has 1 fully saturated rings. The zero-order valence-electron chi connectivity index (χ0n) is 5.72. The van der Waals surface area contributed by atoms with E-state index >= 15 is 0 Å². The summed E-state index contributed by atoms with van der Waals surface area (Å²) < 4.78 is 0. The highest BCUT2D eigenvalue weighted by molar-refractivity contribution is 4.89. The van der Waals surface area contributed by atoms with Crippen LogP contribution in [-0.2, 0) is 0 Å². The molecule has 1 aliphatic rings. The summed E-state index contributed by atoms with van der Waals surface area (Å²) in [5.41, 5.74) is 5.77. The third-order valence-electron chi connectivity index (χ3n) is 2.19. The SMILES string of the molecule is CC[C@H](N)[C@@H]1C[C@H]1C. The van der Waals surface area contributed by atoms with Gasteiger partial charge < -0.3 is 5.73 Å². The maximum atomic E-state index is 5.77. The molecule has 0 aromatic rings. The Kier molecular flexibility index (Phi) is 1.57. The van der Waals surface area contributed by atoms with Gasteiger partial charge in [0.2, 0.25) is 0 Å². The molecule has 8 heavy (non-hydrogen) atoms. The minimum Gasteiger partial charge on any atom is -0.327 e. The first-order valence-corrected chi connectivity index (χ1v) is 3.51. The van der Waals surface area contributed by atoms with Crippen molar-refractivity contribution in [1.29, 1.82) is 0 Å². The maximum Gasteiger partial charge on any atom is 0.00671 e. The van der Waals surface area contributed by atoms with Crippen LogP contribution >= 0.6 is 0 Å². The summed E-state index contributed by atoms with van der Waals surface area (Å²) in [7, 11) is 0. The van der Waals surface area contributed by atoms with Gasteiger partial charge in [0.1, 0.15) is 0 Å². The van der Waals surface area contributed by atoms with Crippen molar-refractivity contribution in [3.63, 3.8) is 0 Å². The van der Waals surface area contributed by atoms with E-state index in [0.717, 1.165) is 18.3 Å². The minimum atomic E-state index is 0.491. The molecule has 0 aromatic carbocycles. The highest BCUT2D eigenvalue weighted by Crippen LogP contribution is 2.40. The van der Waals surface area contributed by atoms with Gasteiger partial charge in [-0.25, -0.2) is 0 Å². The molecule has 1 saturated carbocycles. The van der Waals surface area contributed by atoms with Gasteiger partial charge in [-0.2, -0.15) is 0 Å². The van der Waals surface area contributed by atoms with Crippen molar-refractivity contribution >= 4 is 0 Å². The second-order valence-corrected chi connectivity index (χ2v) is 2.95. The van der Waals surface area contributed by atoms with Crippen molar-refractivity contribution in [1.82, 2.24) is 0 Å². The summed E-state index contributed by atoms with van der Waals surface area (Å²) in [5.74, 6) is 1.78. The second-order valence-electron chi connectivity index (χ2n) is 2.95. The van der Waals surface area contributed by atoms with Gasteiger partial charge in [0.15, 0.2) is 0 Å². The Balaban J connectivity index is 2.18. The largest absolute Gasteiger partial charge is 0.327 e. The van der Waals surface area contributed by atoms with Crippen molar-refractivity contribution < 1.29 is 0 Å². The number of hydrogen-bond donors (Lipinski definition) is 1. The van der Waals surface area contributed by atoms with E-state index in [0.29, 0.717) is 6.04 Å². The average molecular weight is 113 g/mol. The molecule has 0 unspecified atom stereocenters. The zero-order valence-corrected chi connectivity index (χ0v) is 5.72. The molecule has 1 heteroatoms. The molecular weight excluding hydrogens is 98.1 g/mol. The Morgan fingerprint density at radius 3 is 2.38 bits per heavy atom. The third-order valence-corrected chi connectivity index (χ3v) is 2.19. The minimum absolute atomic E-state index is 0.491. The Hall–Kier alpha value is -0.0400. The van der Waals surface area contributed by atoms with Crippen LogP contribution in [0.1, 0.15) is 26.7 Å². The molecule has 1 rings (SSSR count). The predicted molar refractivity (Wildman–Crippen MR) is 35.5 cm³/mol. The highest BCUT2D eigenvalue weighted by Gasteiger charge is 2.36. The smallest absolute Gasteiger partial charge is 0.00671 e. The Labute approximate surface area is 51.3 Å². The van der Waals surface area contributed by atoms with Gasteiger partial charge in [-0.1, -0.05) is 13.8 Å². The highest BCUT2D eigenvalue weighted by atomic mass is 14.7. The summed E-state index contributed by atoms with van der Waals surface area (Å²) in [5, 5.41) is 0. The predicted octanol–water partition coefficient (Wildman–Crippen LogP) is 1.38. The van der Waals surface area contributed by atoms with Crippen LogP contribution < -0.4 is 5.73 Å². The third kappa shape index (κ3) is 1.03. The maximum absolute atomic E-state index is 5.77. The Morgan fingerprint density at radius 1 is 1.75 bits per heavy atom. The fourth-order valence-electron chi connectivity index (χ4n) is 1.25. The summed E-state index contributed by atoms with van der Waals surface area (Å²) in [6.07, 6.45) is 2.52. The first kappa shape index (κ1) is 6.09. The molecule has 48 valence electrons. The topological polar surface area (TPSA) is 26.0 Å². The fourth-order valence-corrected chi connectivity index (χ4v) is 1.25. The standard InChI is InChI=1S/C7H15N/c1-3-7(8)6-4-5(6)2/h5-7H,3-4,8H2,1-2H3/t5-,6-,7+/m1/s1.